The molecule has 8 N–H and O–H groups in total. The fourth-order valence-electron chi connectivity index (χ4n) is 3.63. The molecule has 0 aliphatic rings. The fourth-order valence-corrected chi connectivity index (χ4v) is 3.63. The van der Waals surface area contributed by atoms with Crippen LogP contribution in [0.1, 0.15) is 81.6 Å². The summed E-state index contributed by atoms with van der Waals surface area (Å²) in [7, 11) is 0. The Balaban J connectivity index is 5.44. The maximum atomic E-state index is 13.2. The Kier molecular flexibility index (Phi) is 19.0. The second-order valence-corrected chi connectivity index (χ2v) is 13.0. The number of carbonyl (C=O) groups excluding carboxylic acids is 6. The number of hydrogen-bond acceptors (Lipinski definition) is 12. The summed E-state index contributed by atoms with van der Waals surface area (Å²) in [5, 5.41) is 22.2. The summed E-state index contributed by atoms with van der Waals surface area (Å²) in [5.41, 5.74) is 4.48. The standard InChI is InChI=1S/C31H55N7O10/c1-11-16-46-21(40)17-34-25(42)23(19(4)39)36-26(43)22(18(3)12-2)35-24(41)20(32)14-13-15-33-27(37-28(44)47-30(5,6)7)38-29(45)48-31(8,9)10/h11,18-20,22-23,39H,1,12-17,32H2,2-10H3,(H,34,42)(H,35,41)(H,36,43)(H2,33,37,38,44,45)/t18-,19-,20+,22-,23-/m0/s1. The minimum atomic E-state index is -1.43. The third kappa shape index (κ3) is 19.4. The van der Waals surface area contributed by atoms with Crippen molar-refractivity contribution in [3.05, 3.63) is 12.7 Å². The predicted octanol–water partition coefficient (Wildman–Crippen LogP) is 0.741. The van der Waals surface area contributed by atoms with Gasteiger partial charge in [0, 0.05) is 6.54 Å². The number of nitrogens with one attached hydrogen (secondary N) is 5. The van der Waals surface area contributed by atoms with Gasteiger partial charge in [-0.3, -0.25) is 34.8 Å². The maximum Gasteiger partial charge on any atom is 0.414 e. The van der Waals surface area contributed by atoms with Crippen LogP contribution in [0.25, 0.3) is 0 Å². The first-order chi connectivity index (χ1) is 22.1. The van der Waals surface area contributed by atoms with Gasteiger partial charge in [-0.2, -0.15) is 0 Å². The second-order valence-electron chi connectivity index (χ2n) is 13.0. The SMILES string of the molecule is C=CCOC(=O)CNC(=O)[C@@H](NC(=O)[C@@H](NC(=O)[C@H](N)CCCN=C(NC(=O)OC(C)(C)C)NC(=O)OC(C)(C)C)[C@@H](C)CC)[C@H](C)O. The number of alkyl carbamates (subject to hydrolysis) is 2. The minimum absolute atomic E-state index is 0.0312. The van der Waals surface area contributed by atoms with Gasteiger partial charge < -0.3 is 41.0 Å². The smallest absolute Gasteiger partial charge is 0.414 e. The monoisotopic (exact) mass is 685 g/mol. The Morgan fingerprint density at radius 3 is 1.85 bits per heavy atom. The van der Waals surface area contributed by atoms with Crippen molar-refractivity contribution in [3.8, 4) is 0 Å². The van der Waals surface area contributed by atoms with Gasteiger partial charge in [0.25, 0.3) is 0 Å². The van der Waals surface area contributed by atoms with Gasteiger partial charge >= 0.3 is 18.2 Å². The van der Waals surface area contributed by atoms with Crippen molar-refractivity contribution in [2.45, 2.75) is 117 Å². The predicted molar refractivity (Wildman–Crippen MR) is 177 cm³/mol. The number of rotatable bonds is 16. The first-order valence-corrected chi connectivity index (χ1v) is 15.7. The van der Waals surface area contributed by atoms with Gasteiger partial charge in [0.1, 0.15) is 36.4 Å². The quantitative estimate of drug-likeness (QED) is 0.0298. The molecule has 5 amide bonds. The zero-order valence-electron chi connectivity index (χ0n) is 29.6. The molecule has 0 radical (unpaired) electrons. The average molecular weight is 686 g/mol. The topological polar surface area (TPSA) is 249 Å². The van der Waals surface area contributed by atoms with Crippen LogP contribution in [0.4, 0.5) is 9.59 Å². The molecule has 0 unspecified atom stereocenters. The highest BCUT2D eigenvalue weighted by Gasteiger charge is 2.33. The lowest BCUT2D eigenvalue weighted by Gasteiger charge is -2.28. The number of aliphatic hydroxyl groups excluding tert-OH is 1. The summed E-state index contributed by atoms with van der Waals surface area (Å²) in [4.78, 5) is 79.3. The van der Waals surface area contributed by atoms with Crippen molar-refractivity contribution in [1.82, 2.24) is 26.6 Å². The van der Waals surface area contributed by atoms with Gasteiger partial charge in [-0.15, -0.1) is 0 Å². The molecule has 5 atom stereocenters. The molecule has 48 heavy (non-hydrogen) atoms. The summed E-state index contributed by atoms with van der Waals surface area (Å²) < 4.78 is 15.2. The molecule has 17 nitrogen and oxygen atoms in total. The van der Waals surface area contributed by atoms with Gasteiger partial charge in [-0.05, 0) is 67.2 Å². The number of nitrogens with zero attached hydrogens (tertiary/aromatic N) is 1. The zero-order chi connectivity index (χ0) is 37.2. The molecule has 0 heterocycles. The lowest BCUT2D eigenvalue weighted by Crippen LogP contribution is -2.60. The van der Waals surface area contributed by atoms with Crippen molar-refractivity contribution in [2.24, 2.45) is 16.6 Å². The number of aliphatic imine (C=N–C) groups is 1. The Labute approximate surface area is 282 Å². The van der Waals surface area contributed by atoms with Crippen LogP contribution in [-0.2, 0) is 33.4 Å². The Morgan fingerprint density at radius 1 is 0.875 bits per heavy atom. The highest BCUT2D eigenvalue weighted by Crippen LogP contribution is 2.11. The van der Waals surface area contributed by atoms with Crippen molar-refractivity contribution >= 4 is 41.8 Å². The van der Waals surface area contributed by atoms with Crippen LogP contribution >= 0.6 is 0 Å². The molecule has 274 valence electrons. The largest absolute Gasteiger partial charge is 0.460 e. The molecule has 0 aromatic heterocycles. The van der Waals surface area contributed by atoms with E-state index < -0.39 is 83.8 Å². The number of ether oxygens (including phenoxy) is 3. The number of amides is 5. The summed E-state index contributed by atoms with van der Waals surface area (Å²) >= 11 is 0. The molecule has 0 rings (SSSR count). The lowest BCUT2D eigenvalue weighted by atomic mass is 9.97. The van der Waals surface area contributed by atoms with E-state index in [1.807, 2.05) is 0 Å². The van der Waals surface area contributed by atoms with Crippen molar-refractivity contribution < 1.29 is 48.1 Å². The fraction of sp³-hybridized carbons (Fsp3) is 0.710. The van der Waals surface area contributed by atoms with E-state index in [0.717, 1.165) is 0 Å². The number of guanidine groups is 1. The van der Waals surface area contributed by atoms with Gasteiger partial charge in [0.2, 0.25) is 23.7 Å². The van der Waals surface area contributed by atoms with Crippen molar-refractivity contribution in [3.63, 3.8) is 0 Å². The molecular weight excluding hydrogens is 630 g/mol. The van der Waals surface area contributed by atoms with Crippen LogP contribution in [0.2, 0.25) is 0 Å². The van der Waals surface area contributed by atoms with E-state index in [4.69, 9.17) is 19.9 Å². The summed E-state index contributed by atoms with van der Waals surface area (Å²) in [6.45, 7) is 17.7. The van der Waals surface area contributed by atoms with Gasteiger partial charge in [0.15, 0.2) is 0 Å². The Morgan fingerprint density at radius 2 is 1.40 bits per heavy atom. The van der Waals surface area contributed by atoms with E-state index in [1.54, 1.807) is 55.4 Å². The summed E-state index contributed by atoms with van der Waals surface area (Å²) in [6, 6.07) is -3.61. The molecular formula is C31H55N7O10. The third-order valence-corrected chi connectivity index (χ3v) is 6.14. The van der Waals surface area contributed by atoms with Crippen LogP contribution in [-0.4, -0.2) is 102 Å². The van der Waals surface area contributed by atoms with Gasteiger partial charge in [-0.1, -0.05) is 32.9 Å². The van der Waals surface area contributed by atoms with Crippen LogP contribution in [0.15, 0.2) is 17.6 Å². The molecule has 0 saturated heterocycles. The maximum absolute atomic E-state index is 13.2. The molecule has 0 fully saturated rings. The molecule has 0 saturated carbocycles. The number of nitrogens with two attached hydrogens (primary N) is 1. The molecule has 0 spiro atoms. The Bertz CT molecular complexity index is 1110. The Hall–Kier alpha value is -4.25. The molecule has 0 aliphatic carbocycles. The molecule has 0 aromatic rings. The van der Waals surface area contributed by atoms with Crippen LogP contribution < -0.4 is 32.3 Å². The number of aliphatic hydroxyl groups is 1. The first kappa shape index (κ1) is 43.8. The van der Waals surface area contributed by atoms with E-state index >= 15 is 0 Å². The number of carbonyl (C=O) groups is 6. The van der Waals surface area contributed by atoms with E-state index in [0.29, 0.717) is 6.42 Å². The van der Waals surface area contributed by atoms with Crippen LogP contribution in [0, 0.1) is 5.92 Å². The average Bonchev–Trinajstić information content (AvgIpc) is 2.95. The van der Waals surface area contributed by atoms with E-state index in [1.165, 1.54) is 13.0 Å². The lowest BCUT2D eigenvalue weighted by molar-refractivity contribution is -0.143. The highest BCUT2D eigenvalue weighted by atomic mass is 16.6. The molecule has 17 heteroatoms. The van der Waals surface area contributed by atoms with Crippen molar-refractivity contribution in [1.29, 1.82) is 0 Å². The van der Waals surface area contributed by atoms with E-state index in [2.05, 4.69) is 38.2 Å². The molecule has 0 bridgehead atoms. The minimum Gasteiger partial charge on any atom is -0.460 e. The second kappa shape index (κ2) is 20.9. The van der Waals surface area contributed by atoms with Gasteiger partial charge in [-0.25, -0.2) is 9.59 Å². The third-order valence-electron chi connectivity index (χ3n) is 6.14. The summed E-state index contributed by atoms with van der Waals surface area (Å²) in [6.07, 6.45) is -0.875. The number of esters is 1. The normalized spacial score (nSPS) is 14.4. The molecule has 0 aliphatic heterocycles. The van der Waals surface area contributed by atoms with Crippen molar-refractivity contribution in [2.75, 3.05) is 19.7 Å². The van der Waals surface area contributed by atoms with Crippen LogP contribution in [0.5, 0.6) is 0 Å². The van der Waals surface area contributed by atoms with E-state index in [9.17, 15) is 33.9 Å². The molecule has 0 aromatic carbocycles. The van der Waals surface area contributed by atoms with Gasteiger partial charge in [0.05, 0.1) is 12.1 Å². The summed E-state index contributed by atoms with van der Waals surface area (Å²) in [5.74, 6) is -3.58. The van der Waals surface area contributed by atoms with E-state index in [-0.39, 0.29) is 32.0 Å². The zero-order valence-corrected chi connectivity index (χ0v) is 29.6. The van der Waals surface area contributed by atoms with Crippen LogP contribution in [0.3, 0.4) is 0 Å². The first-order valence-electron chi connectivity index (χ1n) is 15.7. The highest BCUT2D eigenvalue weighted by molar-refractivity contribution is 6.01. The number of hydrogen-bond donors (Lipinski definition) is 7.